The molecule has 2 N–H and O–H groups in total. The number of methoxy groups -OCH3 is 1. The van der Waals surface area contributed by atoms with Gasteiger partial charge in [-0.15, -0.1) is 0 Å². The fraction of sp³-hybridized carbons (Fsp3) is 0.444. The van der Waals surface area contributed by atoms with E-state index in [9.17, 15) is 9.90 Å². The molecule has 140 valence electrons. The van der Waals surface area contributed by atoms with Gasteiger partial charge in [0.2, 0.25) is 0 Å². The van der Waals surface area contributed by atoms with Gasteiger partial charge in [0.15, 0.2) is 17.1 Å². The highest BCUT2D eigenvalue weighted by Gasteiger charge is 2.26. The van der Waals surface area contributed by atoms with Gasteiger partial charge in [-0.3, -0.25) is 0 Å². The monoisotopic (exact) mass is 379 g/mol. The molecule has 1 aromatic heterocycles. The van der Waals surface area contributed by atoms with Gasteiger partial charge in [-0.05, 0) is 43.1 Å². The molecular weight excluding hydrogens is 358 g/mol. The minimum atomic E-state index is -1.08. The lowest BCUT2D eigenvalue weighted by Crippen LogP contribution is -2.26. The highest BCUT2D eigenvalue weighted by atomic mass is 35.5. The third kappa shape index (κ3) is 4.35. The Morgan fingerprint density at radius 3 is 2.92 bits per heavy atom. The number of nitrogens with one attached hydrogen (secondary N) is 1. The van der Waals surface area contributed by atoms with Gasteiger partial charge in [0, 0.05) is 37.3 Å². The van der Waals surface area contributed by atoms with E-state index >= 15 is 0 Å². The molecule has 1 aromatic carbocycles. The normalized spacial score (nSPS) is 17.5. The molecule has 0 spiro atoms. The number of rotatable bonds is 8. The number of nitrogens with zero attached hydrogens (tertiary/aromatic N) is 2. The highest BCUT2D eigenvalue weighted by Crippen LogP contribution is 2.30. The summed E-state index contributed by atoms with van der Waals surface area (Å²) >= 11 is 5.89. The Bertz CT molecular complexity index is 747. The van der Waals surface area contributed by atoms with Crippen molar-refractivity contribution >= 4 is 23.4 Å². The first kappa shape index (κ1) is 18.7. The fourth-order valence-electron chi connectivity index (χ4n) is 3.15. The Morgan fingerprint density at radius 2 is 2.23 bits per heavy atom. The Morgan fingerprint density at radius 1 is 1.46 bits per heavy atom. The molecular formula is C18H22ClN3O4. The number of carboxylic acids is 1. The number of carbonyl (C=O) groups is 1. The van der Waals surface area contributed by atoms with E-state index in [0.717, 1.165) is 32.7 Å². The first-order valence-corrected chi connectivity index (χ1v) is 8.90. The standard InChI is InChI=1S/C18H22ClN3O4/c1-25-9-8-22-7-6-12(11-22)10-20-17-15(18(23)24)16(26-21-17)13-2-4-14(19)5-3-13/h2-5,12H,6-11H2,1H3,(H,20,21)(H,23,24). The first-order valence-electron chi connectivity index (χ1n) is 8.52. The van der Waals surface area contributed by atoms with Crippen molar-refractivity contribution in [2.45, 2.75) is 6.42 Å². The van der Waals surface area contributed by atoms with Crippen LogP contribution in [0.5, 0.6) is 0 Å². The Labute approximate surface area is 156 Å². The van der Waals surface area contributed by atoms with Crippen LogP contribution in [0.15, 0.2) is 28.8 Å². The van der Waals surface area contributed by atoms with Crippen LogP contribution in [0.4, 0.5) is 5.82 Å². The second kappa shape index (κ2) is 8.53. The molecule has 0 amide bonds. The van der Waals surface area contributed by atoms with Crippen molar-refractivity contribution in [3.05, 3.63) is 34.9 Å². The molecule has 3 rings (SSSR count). The summed E-state index contributed by atoms with van der Waals surface area (Å²) < 4.78 is 10.4. The Balaban J connectivity index is 1.67. The smallest absolute Gasteiger partial charge is 0.343 e. The summed E-state index contributed by atoms with van der Waals surface area (Å²) in [5.41, 5.74) is 0.667. The number of aromatic carboxylic acids is 1. The summed E-state index contributed by atoms with van der Waals surface area (Å²) in [7, 11) is 1.70. The minimum absolute atomic E-state index is 0.0431. The summed E-state index contributed by atoms with van der Waals surface area (Å²) in [6.07, 6.45) is 1.06. The average Bonchev–Trinajstić information content (AvgIpc) is 3.25. The molecule has 0 bridgehead atoms. The van der Waals surface area contributed by atoms with E-state index in [1.54, 1.807) is 31.4 Å². The highest BCUT2D eigenvalue weighted by molar-refractivity contribution is 6.30. The maximum absolute atomic E-state index is 11.7. The molecule has 2 aromatic rings. The van der Waals surface area contributed by atoms with E-state index in [4.69, 9.17) is 20.9 Å². The van der Waals surface area contributed by atoms with Gasteiger partial charge in [-0.1, -0.05) is 16.8 Å². The zero-order chi connectivity index (χ0) is 18.5. The number of ether oxygens (including phenoxy) is 1. The number of anilines is 1. The van der Waals surface area contributed by atoms with Crippen molar-refractivity contribution in [2.75, 3.05) is 45.2 Å². The van der Waals surface area contributed by atoms with Crippen molar-refractivity contribution in [3.63, 3.8) is 0 Å². The number of benzene rings is 1. The summed E-state index contributed by atoms with van der Waals surface area (Å²) in [5, 5.41) is 17.2. The molecule has 1 aliphatic rings. The maximum atomic E-state index is 11.7. The largest absolute Gasteiger partial charge is 0.477 e. The quantitative estimate of drug-likeness (QED) is 0.728. The second-order valence-corrected chi connectivity index (χ2v) is 6.81. The molecule has 1 atom stereocenters. The average molecular weight is 380 g/mol. The molecule has 0 radical (unpaired) electrons. The summed E-state index contributed by atoms with van der Waals surface area (Å²) in [6.45, 7) is 4.27. The molecule has 26 heavy (non-hydrogen) atoms. The van der Waals surface area contributed by atoms with Crippen molar-refractivity contribution in [1.82, 2.24) is 10.1 Å². The van der Waals surface area contributed by atoms with E-state index in [0.29, 0.717) is 23.0 Å². The van der Waals surface area contributed by atoms with Crippen LogP contribution in [0.25, 0.3) is 11.3 Å². The van der Waals surface area contributed by atoms with Gasteiger partial charge in [0.25, 0.3) is 0 Å². The number of hydrogen-bond donors (Lipinski definition) is 2. The lowest BCUT2D eigenvalue weighted by molar-refractivity contribution is 0.0698. The van der Waals surface area contributed by atoms with Crippen LogP contribution in [0.2, 0.25) is 5.02 Å². The molecule has 1 unspecified atom stereocenters. The first-order chi connectivity index (χ1) is 12.6. The van der Waals surface area contributed by atoms with Crippen LogP contribution < -0.4 is 5.32 Å². The van der Waals surface area contributed by atoms with Crippen molar-refractivity contribution in [3.8, 4) is 11.3 Å². The maximum Gasteiger partial charge on any atom is 0.343 e. The summed E-state index contributed by atoms with van der Waals surface area (Å²) in [4.78, 5) is 14.1. The van der Waals surface area contributed by atoms with Crippen molar-refractivity contribution in [2.24, 2.45) is 5.92 Å². The van der Waals surface area contributed by atoms with Gasteiger partial charge in [0.1, 0.15) is 0 Å². The number of likely N-dealkylation sites (tertiary alicyclic amines) is 1. The molecule has 8 heteroatoms. The molecule has 1 fully saturated rings. The van der Waals surface area contributed by atoms with Gasteiger partial charge in [-0.2, -0.15) is 0 Å². The number of aromatic nitrogens is 1. The molecule has 0 aliphatic carbocycles. The zero-order valence-electron chi connectivity index (χ0n) is 14.6. The number of halogens is 1. The van der Waals surface area contributed by atoms with E-state index in [1.807, 2.05) is 0 Å². The second-order valence-electron chi connectivity index (χ2n) is 6.38. The minimum Gasteiger partial charge on any atom is -0.477 e. The summed E-state index contributed by atoms with van der Waals surface area (Å²) in [5.74, 6) is -0.154. The zero-order valence-corrected chi connectivity index (χ0v) is 15.3. The van der Waals surface area contributed by atoms with Gasteiger partial charge in [0.05, 0.1) is 6.61 Å². The van der Waals surface area contributed by atoms with Gasteiger partial charge < -0.3 is 24.6 Å². The number of carboxylic acid groups (broad SMARTS) is 1. The van der Waals surface area contributed by atoms with Crippen molar-refractivity contribution in [1.29, 1.82) is 0 Å². The molecule has 1 aliphatic heterocycles. The third-order valence-electron chi connectivity index (χ3n) is 4.55. The lowest BCUT2D eigenvalue weighted by atomic mass is 10.1. The van der Waals surface area contributed by atoms with E-state index in [-0.39, 0.29) is 17.1 Å². The third-order valence-corrected chi connectivity index (χ3v) is 4.80. The Hall–Kier alpha value is -2.09. The molecule has 2 heterocycles. The SMILES string of the molecule is COCCN1CCC(CNc2noc(-c3ccc(Cl)cc3)c2C(=O)O)C1. The molecule has 0 saturated carbocycles. The predicted molar refractivity (Wildman–Crippen MR) is 98.8 cm³/mol. The van der Waals surface area contributed by atoms with Gasteiger partial charge in [-0.25, -0.2) is 4.79 Å². The number of hydrogen-bond acceptors (Lipinski definition) is 6. The molecule has 7 nitrogen and oxygen atoms in total. The lowest BCUT2D eigenvalue weighted by Gasteiger charge is -2.15. The topological polar surface area (TPSA) is 87.8 Å². The van der Waals surface area contributed by atoms with Crippen LogP contribution >= 0.6 is 11.6 Å². The van der Waals surface area contributed by atoms with E-state index in [2.05, 4.69) is 15.4 Å². The van der Waals surface area contributed by atoms with E-state index in [1.165, 1.54) is 0 Å². The van der Waals surface area contributed by atoms with E-state index < -0.39 is 5.97 Å². The molecule has 1 saturated heterocycles. The van der Waals surface area contributed by atoms with Crippen LogP contribution in [-0.4, -0.2) is 61.0 Å². The van der Waals surface area contributed by atoms with Crippen LogP contribution in [0, 0.1) is 5.92 Å². The van der Waals surface area contributed by atoms with Crippen LogP contribution in [0.1, 0.15) is 16.8 Å². The fourth-order valence-corrected chi connectivity index (χ4v) is 3.28. The Kier molecular flexibility index (Phi) is 6.13. The van der Waals surface area contributed by atoms with Crippen LogP contribution in [-0.2, 0) is 4.74 Å². The predicted octanol–water partition coefficient (Wildman–Crippen LogP) is 3.07. The van der Waals surface area contributed by atoms with Crippen molar-refractivity contribution < 1.29 is 19.2 Å². The van der Waals surface area contributed by atoms with Gasteiger partial charge >= 0.3 is 5.97 Å². The van der Waals surface area contributed by atoms with Crippen LogP contribution in [0.3, 0.4) is 0 Å². The summed E-state index contributed by atoms with van der Waals surface area (Å²) in [6, 6.07) is 6.80.